The molecule has 0 saturated carbocycles. The molecule has 1 aromatic carbocycles. The Morgan fingerprint density at radius 1 is 1.14 bits per heavy atom. The lowest BCUT2D eigenvalue weighted by Crippen LogP contribution is -2.09. The molecule has 0 amide bonds. The standard InChI is InChI=1S/C21H17ClN6/c22-17-4-1-3-16(11-17)19-12-20-24-9-10-28(20)21(27-19)25-8-2-5-18-7-6-15(13-23)14-26-18/h1,3-4,6-7,9-12,14H,2,5,8H2,(H,25,27). The Hall–Kier alpha value is -3.43. The second-order valence-corrected chi connectivity index (χ2v) is 6.75. The van der Waals surface area contributed by atoms with E-state index in [2.05, 4.69) is 21.4 Å². The van der Waals surface area contributed by atoms with Crippen LogP contribution >= 0.6 is 11.6 Å². The van der Waals surface area contributed by atoms with Crippen molar-refractivity contribution in [3.05, 3.63) is 77.3 Å². The number of rotatable bonds is 6. The Labute approximate surface area is 167 Å². The third-order valence-electron chi connectivity index (χ3n) is 4.36. The second-order valence-electron chi connectivity index (χ2n) is 6.31. The molecule has 3 aromatic heterocycles. The monoisotopic (exact) mass is 388 g/mol. The number of imidazole rings is 1. The molecule has 0 spiro atoms. The van der Waals surface area contributed by atoms with E-state index in [1.54, 1.807) is 18.5 Å². The van der Waals surface area contributed by atoms with Gasteiger partial charge in [-0.15, -0.1) is 0 Å². The summed E-state index contributed by atoms with van der Waals surface area (Å²) in [5, 5.41) is 12.9. The van der Waals surface area contributed by atoms with E-state index in [0.29, 0.717) is 10.6 Å². The highest BCUT2D eigenvalue weighted by atomic mass is 35.5. The Bertz CT molecular complexity index is 1140. The lowest BCUT2D eigenvalue weighted by atomic mass is 10.1. The van der Waals surface area contributed by atoms with E-state index >= 15 is 0 Å². The first-order chi connectivity index (χ1) is 13.7. The number of nitrogens with zero attached hydrogens (tertiary/aromatic N) is 5. The predicted octanol–water partition coefficient (Wildman–Crippen LogP) is 4.36. The molecule has 0 bridgehead atoms. The summed E-state index contributed by atoms with van der Waals surface area (Å²) in [5.74, 6) is 0.734. The van der Waals surface area contributed by atoms with Gasteiger partial charge in [0.05, 0.1) is 11.3 Å². The van der Waals surface area contributed by atoms with Crippen LogP contribution in [0.5, 0.6) is 0 Å². The van der Waals surface area contributed by atoms with Crippen LogP contribution in [0.15, 0.2) is 61.1 Å². The molecule has 0 saturated heterocycles. The molecule has 4 aromatic rings. The summed E-state index contributed by atoms with van der Waals surface area (Å²) in [6.45, 7) is 0.737. The van der Waals surface area contributed by atoms with Crippen LogP contribution in [0.25, 0.3) is 16.9 Å². The molecule has 28 heavy (non-hydrogen) atoms. The maximum Gasteiger partial charge on any atom is 0.209 e. The molecular formula is C21H17ClN6. The van der Waals surface area contributed by atoms with Crippen molar-refractivity contribution in [2.75, 3.05) is 11.9 Å². The van der Waals surface area contributed by atoms with Gasteiger partial charge < -0.3 is 5.32 Å². The number of anilines is 1. The number of aryl methyl sites for hydroxylation is 1. The van der Waals surface area contributed by atoms with E-state index in [0.717, 1.165) is 47.9 Å². The van der Waals surface area contributed by atoms with Gasteiger partial charge in [-0.3, -0.25) is 9.38 Å². The van der Waals surface area contributed by atoms with E-state index < -0.39 is 0 Å². The fourth-order valence-electron chi connectivity index (χ4n) is 2.95. The van der Waals surface area contributed by atoms with Crippen LogP contribution < -0.4 is 5.32 Å². The summed E-state index contributed by atoms with van der Waals surface area (Å²) in [7, 11) is 0. The number of hydrogen-bond donors (Lipinski definition) is 1. The molecule has 0 aliphatic heterocycles. The minimum atomic E-state index is 0.575. The van der Waals surface area contributed by atoms with Crippen molar-refractivity contribution in [1.29, 1.82) is 5.26 Å². The molecule has 3 heterocycles. The number of pyridine rings is 1. The first kappa shape index (κ1) is 18.0. The first-order valence-corrected chi connectivity index (χ1v) is 9.30. The number of benzene rings is 1. The lowest BCUT2D eigenvalue weighted by Gasteiger charge is -2.11. The highest BCUT2D eigenvalue weighted by Crippen LogP contribution is 2.24. The highest BCUT2D eigenvalue weighted by molar-refractivity contribution is 6.30. The van der Waals surface area contributed by atoms with Gasteiger partial charge in [0.2, 0.25) is 5.95 Å². The summed E-state index contributed by atoms with van der Waals surface area (Å²) in [6.07, 6.45) is 6.95. The van der Waals surface area contributed by atoms with Crippen molar-refractivity contribution in [2.45, 2.75) is 12.8 Å². The summed E-state index contributed by atoms with van der Waals surface area (Å²) < 4.78 is 1.92. The maximum atomic E-state index is 8.84. The molecule has 138 valence electrons. The second kappa shape index (κ2) is 8.07. The van der Waals surface area contributed by atoms with Gasteiger partial charge in [-0.05, 0) is 37.1 Å². The van der Waals surface area contributed by atoms with Gasteiger partial charge in [0.1, 0.15) is 11.7 Å². The number of fused-ring (bicyclic) bond motifs is 1. The Morgan fingerprint density at radius 2 is 2.07 bits per heavy atom. The Morgan fingerprint density at radius 3 is 2.86 bits per heavy atom. The van der Waals surface area contributed by atoms with Crippen molar-refractivity contribution < 1.29 is 0 Å². The largest absolute Gasteiger partial charge is 0.355 e. The van der Waals surface area contributed by atoms with Crippen LogP contribution in [-0.4, -0.2) is 25.9 Å². The van der Waals surface area contributed by atoms with Crippen LogP contribution in [-0.2, 0) is 6.42 Å². The molecule has 0 unspecified atom stereocenters. The van der Waals surface area contributed by atoms with Gasteiger partial charge in [0.25, 0.3) is 0 Å². The summed E-state index contributed by atoms with van der Waals surface area (Å²) in [4.78, 5) is 13.5. The molecule has 6 nitrogen and oxygen atoms in total. The third kappa shape index (κ3) is 3.95. The molecular weight excluding hydrogens is 372 g/mol. The van der Waals surface area contributed by atoms with Crippen molar-refractivity contribution >= 4 is 23.2 Å². The summed E-state index contributed by atoms with van der Waals surface area (Å²) in [5.41, 5.74) is 4.13. The number of nitriles is 1. The van der Waals surface area contributed by atoms with Gasteiger partial charge in [-0.1, -0.05) is 23.7 Å². The molecule has 0 aliphatic rings. The Kier molecular flexibility index (Phi) is 5.18. The van der Waals surface area contributed by atoms with Crippen LogP contribution in [0.2, 0.25) is 5.02 Å². The van der Waals surface area contributed by atoms with Gasteiger partial charge >= 0.3 is 0 Å². The molecule has 0 fully saturated rings. The van der Waals surface area contributed by atoms with Gasteiger partial charge in [-0.2, -0.15) is 5.26 Å². The molecule has 4 rings (SSSR count). The average molecular weight is 389 g/mol. The fourth-order valence-corrected chi connectivity index (χ4v) is 3.14. The van der Waals surface area contributed by atoms with Crippen molar-refractivity contribution in [3.63, 3.8) is 0 Å². The normalized spacial score (nSPS) is 10.7. The predicted molar refractivity (Wildman–Crippen MR) is 109 cm³/mol. The molecule has 1 N–H and O–H groups in total. The molecule has 0 aliphatic carbocycles. The molecule has 7 heteroatoms. The van der Waals surface area contributed by atoms with Crippen molar-refractivity contribution in [3.8, 4) is 17.3 Å². The van der Waals surface area contributed by atoms with Crippen LogP contribution in [0.4, 0.5) is 5.95 Å². The molecule has 0 radical (unpaired) electrons. The SMILES string of the molecule is N#Cc1ccc(CCCNc2nc(-c3cccc(Cl)c3)cc3nccn23)nc1. The van der Waals surface area contributed by atoms with E-state index in [4.69, 9.17) is 21.8 Å². The maximum absolute atomic E-state index is 8.84. The summed E-state index contributed by atoms with van der Waals surface area (Å²) >= 11 is 6.12. The quantitative estimate of drug-likeness (QED) is 0.496. The van der Waals surface area contributed by atoms with Crippen molar-refractivity contribution in [1.82, 2.24) is 19.4 Å². The van der Waals surface area contributed by atoms with E-state index in [9.17, 15) is 0 Å². The highest BCUT2D eigenvalue weighted by Gasteiger charge is 2.08. The van der Waals surface area contributed by atoms with E-state index in [-0.39, 0.29) is 0 Å². The zero-order valence-corrected chi connectivity index (χ0v) is 15.8. The minimum absolute atomic E-state index is 0.575. The van der Waals surface area contributed by atoms with Gasteiger partial charge in [0, 0.05) is 47.5 Å². The minimum Gasteiger partial charge on any atom is -0.355 e. The van der Waals surface area contributed by atoms with Crippen molar-refractivity contribution in [2.24, 2.45) is 0 Å². The number of nitrogens with one attached hydrogen (secondary N) is 1. The third-order valence-corrected chi connectivity index (χ3v) is 4.59. The van der Waals surface area contributed by atoms with E-state index in [1.807, 2.05) is 47.0 Å². The fraction of sp³-hybridized carbons (Fsp3) is 0.143. The lowest BCUT2D eigenvalue weighted by molar-refractivity contribution is 0.825. The number of hydrogen-bond acceptors (Lipinski definition) is 5. The van der Waals surface area contributed by atoms with Crippen LogP contribution in [0, 0.1) is 11.3 Å². The van der Waals surface area contributed by atoms with E-state index in [1.165, 1.54) is 0 Å². The Balaban J connectivity index is 1.48. The first-order valence-electron chi connectivity index (χ1n) is 8.92. The summed E-state index contributed by atoms with van der Waals surface area (Å²) in [6, 6.07) is 15.3. The van der Waals surface area contributed by atoms with Gasteiger partial charge in [0.15, 0.2) is 0 Å². The number of aromatic nitrogens is 4. The molecule has 0 atom stereocenters. The van der Waals surface area contributed by atoms with Crippen LogP contribution in [0.1, 0.15) is 17.7 Å². The smallest absolute Gasteiger partial charge is 0.209 e. The zero-order chi connectivity index (χ0) is 19.3. The topological polar surface area (TPSA) is 78.9 Å². The van der Waals surface area contributed by atoms with Gasteiger partial charge in [-0.25, -0.2) is 9.97 Å². The average Bonchev–Trinajstić information content (AvgIpc) is 3.20. The zero-order valence-electron chi connectivity index (χ0n) is 15.0. The van der Waals surface area contributed by atoms with Crippen LogP contribution in [0.3, 0.4) is 0 Å². The number of halogens is 1.